The first-order valence-electron chi connectivity index (χ1n) is 1.00. The predicted molar refractivity (Wildman–Crippen MR) is 20.9 cm³/mol. The summed E-state index contributed by atoms with van der Waals surface area (Å²) < 4.78 is 12.5. The van der Waals surface area contributed by atoms with Crippen LogP contribution in [0.1, 0.15) is 0 Å². The Morgan fingerprint density at radius 1 is 1.50 bits per heavy atom. The summed E-state index contributed by atoms with van der Waals surface area (Å²) in [5.74, 6) is 4.04. The fourth-order valence-electron chi connectivity index (χ4n) is 0. The number of rotatable bonds is 1. The molecule has 0 aromatic carbocycles. The molecule has 0 heterocycles. The summed E-state index contributed by atoms with van der Waals surface area (Å²) in [6, 6.07) is 0. The molecule has 0 saturated heterocycles. The molecule has 0 radical (unpaired) electrons. The van der Waals surface area contributed by atoms with E-state index in [4.69, 9.17) is 9.79 Å². The second-order valence-electron chi connectivity index (χ2n) is 0.596. The van der Waals surface area contributed by atoms with Crippen molar-refractivity contribution < 1.29 is 45.5 Å². The molecule has 0 amide bonds. The van der Waals surface area contributed by atoms with Gasteiger partial charge in [0.25, 0.3) is 0 Å². The molecule has 8 heavy (non-hydrogen) atoms. The van der Waals surface area contributed by atoms with Gasteiger partial charge in [0.2, 0.25) is 0 Å². The van der Waals surface area contributed by atoms with Crippen LogP contribution in [-0.4, -0.2) is 15.3 Å². The smallest absolute Gasteiger partial charge is 0.412 e. The van der Waals surface area contributed by atoms with Crippen molar-refractivity contribution >= 4 is 7.82 Å². The molecular weight excluding hydrogens is 221 g/mol. The molecule has 0 rings (SSSR count). The van der Waals surface area contributed by atoms with Crippen molar-refractivity contribution in [2.75, 3.05) is 0 Å². The van der Waals surface area contributed by atoms with E-state index in [-0.39, 0.29) is 26.5 Å². The molecule has 0 aliphatic heterocycles. The van der Waals surface area contributed by atoms with Crippen molar-refractivity contribution in [2.24, 2.45) is 5.90 Å². The summed E-state index contributed by atoms with van der Waals surface area (Å²) in [6.45, 7) is 0. The molecule has 0 saturated carbocycles. The third-order valence-corrected chi connectivity index (χ3v) is 0.412. The van der Waals surface area contributed by atoms with Crippen molar-refractivity contribution in [3.8, 4) is 0 Å². The van der Waals surface area contributed by atoms with E-state index in [1.165, 1.54) is 0 Å². The summed E-state index contributed by atoms with van der Waals surface area (Å²) in [5.41, 5.74) is 0. The zero-order chi connectivity index (χ0) is 5.21. The first-order chi connectivity index (χ1) is 2.56. The van der Waals surface area contributed by atoms with Gasteiger partial charge in [-0.05, 0) is 0 Å². The van der Waals surface area contributed by atoms with Gasteiger partial charge in [-0.25, -0.2) is 15.1 Å². The van der Waals surface area contributed by atoms with Gasteiger partial charge in [0.15, 0.2) is 0 Å². The van der Waals surface area contributed by atoms with Gasteiger partial charge in [0.1, 0.15) is 0 Å². The predicted octanol–water partition coefficient (Wildman–Crippen LogP) is -1.86. The molecule has 0 spiro atoms. The largest absolute Gasteiger partial charge is 0.485 e. The molecule has 0 fully saturated rings. The van der Waals surface area contributed by atoms with Crippen LogP contribution in [0.5, 0.6) is 0 Å². The maximum Gasteiger partial charge on any atom is 0.485 e. The monoisotopic (exact) mass is 229 g/mol. The quantitative estimate of drug-likeness (QED) is 0.275. The van der Waals surface area contributed by atoms with Crippen LogP contribution in [0.4, 0.5) is 0 Å². The fourth-order valence-corrected chi connectivity index (χ4v) is 0. The van der Waals surface area contributed by atoms with Crippen molar-refractivity contribution in [2.45, 2.75) is 0 Å². The van der Waals surface area contributed by atoms with Crippen LogP contribution in [0, 0.1) is 0 Å². The van der Waals surface area contributed by atoms with Crippen LogP contribution < -0.4 is 5.90 Å². The van der Waals surface area contributed by atoms with Gasteiger partial charge in [0, 0.05) is 21.1 Å². The average molecular weight is 227 g/mol. The minimum Gasteiger partial charge on any atom is -0.412 e. The molecule has 8 heteroatoms. The summed E-state index contributed by atoms with van der Waals surface area (Å²) in [7, 11) is -4.37. The van der Waals surface area contributed by atoms with Crippen molar-refractivity contribution in [3.05, 3.63) is 0 Å². The molecule has 0 aliphatic carbocycles. The average Bonchev–Trinajstić information content (AvgIpc) is 1.35. The fraction of sp³-hybridized carbons (Fsp3) is 0. The van der Waals surface area contributed by atoms with E-state index >= 15 is 0 Å². The number of hydrogen-bond acceptors (Lipinski definition) is 3. The van der Waals surface area contributed by atoms with Crippen molar-refractivity contribution in [3.63, 3.8) is 0 Å². The van der Waals surface area contributed by atoms with Gasteiger partial charge in [-0.2, -0.15) is 0 Å². The van der Waals surface area contributed by atoms with Crippen molar-refractivity contribution in [1.29, 1.82) is 0 Å². The maximum absolute atomic E-state index is 9.35. The summed E-state index contributed by atoms with van der Waals surface area (Å²) in [4.78, 5) is 15.2. The Morgan fingerprint density at radius 2 is 1.62 bits per heavy atom. The topological polar surface area (TPSA) is 124 Å². The van der Waals surface area contributed by atoms with Gasteiger partial charge in [-0.3, -0.25) is 0 Å². The second-order valence-corrected chi connectivity index (χ2v) is 1.79. The number of hydrogen-bond donors (Lipinski definition) is 3. The third-order valence-electron chi connectivity index (χ3n) is 0.137. The molecule has 0 aliphatic rings. The van der Waals surface area contributed by atoms with Crippen molar-refractivity contribution in [1.82, 2.24) is 0 Å². The third kappa shape index (κ3) is 15.9. The van der Waals surface area contributed by atoms with E-state index in [0.29, 0.717) is 0 Å². The van der Waals surface area contributed by atoms with Gasteiger partial charge in [-0.1, -0.05) is 0 Å². The van der Waals surface area contributed by atoms with Crippen LogP contribution in [0.25, 0.3) is 0 Å². The zero-order valence-corrected chi connectivity index (χ0v) is 6.55. The van der Waals surface area contributed by atoms with Crippen LogP contribution in [0.3, 0.4) is 0 Å². The molecule has 0 aromatic rings. The van der Waals surface area contributed by atoms with E-state index in [9.17, 15) is 4.57 Å². The number of nitrogens with two attached hydrogens (primary N) is 1. The maximum atomic E-state index is 9.35. The van der Waals surface area contributed by atoms with Gasteiger partial charge in [-0.15, -0.1) is 0 Å². The Morgan fingerprint density at radius 3 is 1.62 bits per heavy atom. The van der Waals surface area contributed by atoms with Crippen LogP contribution >= 0.6 is 7.82 Å². The molecule has 52 valence electrons. The first-order valence-corrected chi connectivity index (χ1v) is 2.53. The molecular formula is H6MoNO5P. The number of phosphoric acid groups is 1. The Labute approximate surface area is 59.8 Å². The van der Waals surface area contributed by atoms with E-state index in [1.807, 2.05) is 0 Å². The SMILES string of the molecule is NOP(=O)(O)O.O.[Mo]. The van der Waals surface area contributed by atoms with Crippen LogP contribution in [0.2, 0.25) is 0 Å². The Hall–Kier alpha value is 0.718. The molecule has 0 aromatic heterocycles. The molecule has 6 N–H and O–H groups in total. The van der Waals surface area contributed by atoms with Crippen LogP contribution in [0.15, 0.2) is 0 Å². The molecule has 0 atom stereocenters. The molecule has 6 nitrogen and oxygen atoms in total. The summed E-state index contributed by atoms with van der Waals surface area (Å²) >= 11 is 0. The Bertz CT molecular complexity index is 76.5. The second kappa shape index (κ2) is 5.85. The molecule has 0 bridgehead atoms. The van der Waals surface area contributed by atoms with Gasteiger partial charge >= 0.3 is 7.82 Å². The van der Waals surface area contributed by atoms with E-state index in [1.54, 1.807) is 0 Å². The van der Waals surface area contributed by atoms with E-state index in [2.05, 4.69) is 10.5 Å². The molecule has 0 unspecified atom stereocenters. The normalized spacial score (nSPS) is 8.88. The van der Waals surface area contributed by atoms with E-state index in [0.717, 1.165) is 0 Å². The Kier molecular flexibility index (Phi) is 11.6. The standard InChI is InChI=1S/Mo.H4NO4P.H2O/c;1-5-6(2,3)4;/h;1H2,(H2,2,3,4);1H2. The first kappa shape index (κ1) is 15.9. The Balaban J connectivity index is -0.000000125. The summed E-state index contributed by atoms with van der Waals surface area (Å²) in [5, 5.41) is 0. The van der Waals surface area contributed by atoms with E-state index < -0.39 is 7.82 Å². The van der Waals surface area contributed by atoms with Crippen LogP contribution in [-0.2, 0) is 30.3 Å². The minimum absolute atomic E-state index is 0. The van der Waals surface area contributed by atoms with Gasteiger partial charge < -0.3 is 15.3 Å². The minimum atomic E-state index is -4.37. The summed E-state index contributed by atoms with van der Waals surface area (Å²) in [6.07, 6.45) is 0. The zero-order valence-electron chi connectivity index (χ0n) is 3.64. The van der Waals surface area contributed by atoms with Gasteiger partial charge in [0.05, 0.1) is 0 Å².